The number of carbonyl (C=O) groups is 1. The molecule has 1 amide bonds. The molecule has 1 aromatic carbocycles. The summed E-state index contributed by atoms with van der Waals surface area (Å²) in [5, 5.41) is 5.15. The van der Waals surface area contributed by atoms with Gasteiger partial charge in [0.25, 0.3) is 5.91 Å². The SMILES string of the molecule is Cc1ccc(-c2csc(NC(=O)c3cccc(S(=O)(=O)N4CCCC4)c3)n2)s1. The van der Waals surface area contributed by atoms with Crippen molar-refractivity contribution in [1.29, 1.82) is 0 Å². The quantitative estimate of drug-likeness (QED) is 0.653. The fourth-order valence-corrected chi connectivity index (χ4v) is 6.23. The molecule has 0 aliphatic carbocycles. The van der Waals surface area contributed by atoms with Crippen molar-refractivity contribution in [2.24, 2.45) is 0 Å². The summed E-state index contributed by atoms with van der Waals surface area (Å²) >= 11 is 2.99. The maximum atomic E-state index is 12.7. The molecule has 0 unspecified atom stereocenters. The zero-order valence-corrected chi connectivity index (χ0v) is 17.7. The third-order valence-corrected chi connectivity index (χ3v) is 8.19. The molecule has 2 aromatic heterocycles. The normalized spacial score (nSPS) is 15.0. The summed E-state index contributed by atoms with van der Waals surface area (Å²) in [5.41, 5.74) is 1.12. The minimum absolute atomic E-state index is 0.149. The first-order valence-electron chi connectivity index (χ1n) is 8.87. The highest BCUT2D eigenvalue weighted by molar-refractivity contribution is 7.89. The first-order valence-corrected chi connectivity index (χ1v) is 12.0. The molecule has 0 atom stereocenters. The first kappa shape index (κ1) is 19.3. The zero-order chi connectivity index (χ0) is 19.7. The molecule has 4 rings (SSSR count). The molecule has 1 saturated heterocycles. The van der Waals surface area contributed by atoms with Crippen LogP contribution in [-0.2, 0) is 10.0 Å². The van der Waals surface area contributed by atoms with Gasteiger partial charge < -0.3 is 0 Å². The molecule has 1 aliphatic heterocycles. The Labute approximate surface area is 171 Å². The first-order chi connectivity index (χ1) is 13.4. The van der Waals surface area contributed by atoms with Gasteiger partial charge in [-0.15, -0.1) is 22.7 Å². The highest BCUT2D eigenvalue weighted by Gasteiger charge is 2.27. The number of rotatable bonds is 5. The number of carbonyl (C=O) groups excluding carboxylic acids is 1. The van der Waals surface area contributed by atoms with E-state index in [1.165, 1.54) is 32.7 Å². The summed E-state index contributed by atoms with van der Waals surface area (Å²) in [7, 11) is -3.56. The summed E-state index contributed by atoms with van der Waals surface area (Å²) in [6.45, 7) is 3.10. The van der Waals surface area contributed by atoms with Crippen LogP contribution in [0.2, 0.25) is 0 Å². The largest absolute Gasteiger partial charge is 0.298 e. The van der Waals surface area contributed by atoms with Gasteiger partial charge in [-0.1, -0.05) is 6.07 Å². The zero-order valence-electron chi connectivity index (χ0n) is 15.2. The topological polar surface area (TPSA) is 79.4 Å². The Bertz CT molecular complexity index is 1110. The Balaban J connectivity index is 1.52. The lowest BCUT2D eigenvalue weighted by atomic mass is 10.2. The number of thiophene rings is 1. The van der Waals surface area contributed by atoms with Crippen molar-refractivity contribution in [3.8, 4) is 10.6 Å². The Hall–Kier alpha value is -2.07. The molecule has 1 aliphatic rings. The van der Waals surface area contributed by atoms with Gasteiger partial charge in [0, 0.05) is 28.9 Å². The van der Waals surface area contributed by atoms with E-state index in [-0.39, 0.29) is 10.8 Å². The van der Waals surface area contributed by atoms with E-state index >= 15 is 0 Å². The number of thiazole rings is 1. The molecule has 0 radical (unpaired) electrons. The third kappa shape index (κ3) is 3.88. The summed E-state index contributed by atoms with van der Waals surface area (Å²) in [6, 6.07) is 10.2. The van der Waals surface area contributed by atoms with E-state index < -0.39 is 10.0 Å². The summed E-state index contributed by atoms with van der Waals surface area (Å²) in [4.78, 5) is 19.5. The van der Waals surface area contributed by atoms with Gasteiger partial charge >= 0.3 is 0 Å². The Morgan fingerprint density at radius 1 is 1.18 bits per heavy atom. The van der Waals surface area contributed by atoms with Gasteiger partial charge in [0.1, 0.15) is 0 Å². The van der Waals surface area contributed by atoms with Gasteiger partial charge in [-0.25, -0.2) is 13.4 Å². The Morgan fingerprint density at radius 2 is 1.96 bits per heavy atom. The molecular weight excluding hydrogens is 414 g/mol. The van der Waals surface area contributed by atoms with Gasteiger partial charge in [-0.2, -0.15) is 4.31 Å². The second-order valence-corrected chi connectivity index (χ2v) is 10.6. The number of aromatic nitrogens is 1. The molecule has 146 valence electrons. The van der Waals surface area contributed by atoms with Crippen molar-refractivity contribution in [2.75, 3.05) is 18.4 Å². The average molecular weight is 434 g/mol. The lowest BCUT2D eigenvalue weighted by Crippen LogP contribution is -2.28. The van der Waals surface area contributed by atoms with Crippen LogP contribution in [0.1, 0.15) is 28.1 Å². The van der Waals surface area contributed by atoms with Crippen molar-refractivity contribution in [3.63, 3.8) is 0 Å². The van der Waals surface area contributed by atoms with Crippen molar-refractivity contribution in [3.05, 3.63) is 52.2 Å². The highest BCUT2D eigenvalue weighted by atomic mass is 32.2. The molecule has 0 saturated carbocycles. The maximum Gasteiger partial charge on any atom is 0.257 e. The summed E-state index contributed by atoms with van der Waals surface area (Å²) in [5.74, 6) is -0.373. The lowest BCUT2D eigenvalue weighted by Gasteiger charge is -2.15. The molecule has 6 nitrogen and oxygen atoms in total. The predicted molar refractivity (Wildman–Crippen MR) is 113 cm³/mol. The molecule has 1 N–H and O–H groups in total. The number of amides is 1. The van der Waals surface area contributed by atoms with Gasteiger partial charge in [0.05, 0.1) is 15.5 Å². The highest BCUT2D eigenvalue weighted by Crippen LogP contribution is 2.30. The number of hydrogen-bond acceptors (Lipinski definition) is 6. The van der Waals surface area contributed by atoms with Crippen LogP contribution in [0.25, 0.3) is 10.6 Å². The number of anilines is 1. The maximum absolute atomic E-state index is 12.7. The number of sulfonamides is 1. The Kier molecular flexibility index (Phi) is 5.33. The third-order valence-electron chi connectivity index (χ3n) is 4.52. The standard InChI is InChI=1S/C19H19N3O3S3/c1-13-7-8-17(27-13)16-12-26-19(20-16)21-18(23)14-5-4-6-15(11-14)28(24,25)22-9-2-3-10-22/h4-8,11-12H,2-3,9-10H2,1H3,(H,20,21,23). The van der Waals surface area contributed by atoms with Crippen molar-refractivity contribution < 1.29 is 13.2 Å². The van der Waals surface area contributed by atoms with Gasteiger partial charge in [-0.3, -0.25) is 10.1 Å². The monoisotopic (exact) mass is 433 g/mol. The van der Waals surface area contributed by atoms with Crippen LogP contribution in [0.4, 0.5) is 5.13 Å². The average Bonchev–Trinajstić information content (AvgIpc) is 3.43. The predicted octanol–water partition coefficient (Wildman–Crippen LogP) is 4.22. The van der Waals surface area contributed by atoms with Crippen molar-refractivity contribution >= 4 is 43.7 Å². The smallest absolute Gasteiger partial charge is 0.257 e. The van der Waals surface area contributed by atoms with Crippen molar-refractivity contribution in [2.45, 2.75) is 24.7 Å². The Morgan fingerprint density at radius 3 is 2.68 bits per heavy atom. The number of aryl methyl sites for hydroxylation is 1. The van der Waals surface area contributed by atoms with E-state index in [0.29, 0.717) is 23.8 Å². The minimum Gasteiger partial charge on any atom is -0.298 e. The summed E-state index contributed by atoms with van der Waals surface area (Å²) in [6.07, 6.45) is 1.74. The van der Waals surface area contributed by atoms with Gasteiger partial charge in [-0.05, 0) is 50.1 Å². The van der Waals surface area contributed by atoms with Crippen molar-refractivity contribution in [1.82, 2.24) is 9.29 Å². The van der Waals surface area contributed by atoms with E-state index in [2.05, 4.69) is 10.3 Å². The fraction of sp³-hybridized carbons (Fsp3) is 0.263. The number of nitrogens with zero attached hydrogens (tertiary/aromatic N) is 2. The van der Waals surface area contributed by atoms with Crippen LogP contribution in [0, 0.1) is 6.92 Å². The molecule has 0 bridgehead atoms. The molecule has 9 heteroatoms. The second kappa shape index (κ2) is 7.75. The molecule has 28 heavy (non-hydrogen) atoms. The second-order valence-electron chi connectivity index (χ2n) is 6.54. The molecule has 3 aromatic rings. The van der Waals surface area contributed by atoms with E-state index in [9.17, 15) is 13.2 Å². The van der Waals surface area contributed by atoms with Crippen LogP contribution < -0.4 is 5.32 Å². The lowest BCUT2D eigenvalue weighted by molar-refractivity contribution is 0.102. The van der Waals surface area contributed by atoms with Crippen LogP contribution in [-0.4, -0.2) is 36.7 Å². The van der Waals surface area contributed by atoms with E-state index in [0.717, 1.165) is 23.4 Å². The molecule has 0 spiro atoms. The fourth-order valence-electron chi connectivity index (χ4n) is 3.06. The molecular formula is C19H19N3O3S3. The van der Waals surface area contributed by atoms with Gasteiger partial charge in [0.15, 0.2) is 5.13 Å². The van der Waals surface area contributed by atoms with E-state index in [1.54, 1.807) is 23.5 Å². The van der Waals surface area contributed by atoms with E-state index in [1.807, 2.05) is 24.4 Å². The molecule has 3 heterocycles. The van der Waals surface area contributed by atoms with E-state index in [4.69, 9.17) is 0 Å². The number of nitrogens with one attached hydrogen (secondary N) is 1. The molecule has 1 fully saturated rings. The number of benzene rings is 1. The van der Waals surface area contributed by atoms with Crippen LogP contribution in [0.5, 0.6) is 0 Å². The minimum atomic E-state index is -3.56. The van der Waals surface area contributed by atoms with Crippen LogP contribution in [0.15, 0.2) is 46.7 Å². The van der Waals surface area contributed by atoms with Gasteiger partial charge in [0.2, 0.25) is 10.0 Å². The number of hydrogen-bond donors (Lipinski definition) is 1. The van der Waals surface area contributed by atoms with Crippen LogP contribution >= 0.6 is 22.7 Å². The van der Waals surface area contributed by atoms with Crippen LogP contribution in [0.3, 0.4) is 0 Å². The summed E-state index contributed by atoms with van der Waals surface area (Å²) < 4.78 is 26.9.